The fourth-order valence-electron chi connectivity index (χ4n) is 8.12. The number of hydrogen-bond acceptors (Lipinski definition) is 1. The van der Waals surface area contributed by atoms with Crippen molar-refractivity contribution in [2.75, 3.05) is 0 Å². The van der Waals surface area contributed by atoms with Gasteiger partial charge in [0.1, 0.15) is 0 Å². The van der Waals surface area contributed by atoms with Crippen molar-refractivity contribution in [3.8, 4) is 0 Å². The van der Waals surface area contributed by atoms with Gasteiger partial charge in [-0.3, -0.25) is 0 Å². The van der Waals surface area contributed by atoms with Crippen molar-refractivity contribution < 1.29 is 9.90 Å². The Morgan fingerprint density at radius 2 is 1.67 bits per heavy atom. The highest BCUT2D eigenvalue weighted by Gasteiger charge is 2.59. The standard InChI is InChI=1S/C23H36O2.C2H6/c1-22-14-4-3-6-16(22)9-11-18-19-12-10-17(7-5-8-21(24)25)23(19,2)15-13-20(18)22;1-2/h5,8,16-20H,3-4,6-7,9-15H2,1-2H3,(H,24,25);1-2H3/b8-5+;. The molecule has 4 saturated carbocycles. The van der Waals surface area contributed by atoms with E-state index in [1.165, 1.54) is 70.3 Å². The Morgan fingerprint density at radius 3 is 2.41 bits per heavy atom. The van der Waals surface area contributed by atoms with Crippen LogP contribution in [0.5, 0.6) is 0 Å². The molecule has 0 aromatic carbocycles. The van der Waals surface area contributed by atoms with Crippen molar-refractivity contribution in [3.63, 3.8) is 0 Å². The molecule has 1 N–H and O–H groups in total. The molecule has 0 bridgehead atoms. The fraction of sp³-hybridized carbons (Fsp3) is 0.880. The zero-order valence-electron chi connectivity index (χ0n) is 18.2. The quantitative estimate of drug-likeness (QED) is 0.535. The Morgan fingerprint density at radius 1 is 0.926 bits per heavy atom. The van der Waals surface area contributed by atoms with Gasteiger partial charge in [-0.05, 0) is 98.2 Å². The molecule has 27 heavy (non-hydrogen) atoms. The van der Waals surface area contributed by atoms with Crippen LogP contribution in [0, 0.1) is 40.4 Å². The van der Waals surface area contributed by atoms with Gasteiger partial charge in [-0.2, -0.15) is 0 Å². The second-order valence-corrected chi connectivity index (χ2v) is 10.2. The largest absolute Gasteiger partial charge is 0.478 e. The highest BCUT2D eigenvalue weighted by Crippen LogP contribution is 2.67. The summed E-state index contributed by atoms with van der Waals surface area (Å²) in [5.41, 5.74) is 1.09. The Kier molecular flexibility index (Phi) is 6.43. The highest BCUT2D eigenvalue weighted by molar-refractivity contribution is 5.79. The molecule has 4 aliphatic rings. The first-order chi connectivity index (χ1) is 12.9. The van der Waals surface area contributed by atoms with Crippen LogP contribution in [-0.4, -0.2) is 11.1 Å². The summed E-state index contributed by atoms with van der Waals surface area (Å²) >= 11 is 0. The van der Waals surface area contributed by atoms with Crippen LogP contribution in [0.1, 0.15) is 98.3 Å². The van der Waals surface area contributed by atoms with Crippen LogP contribution in [0.3, 0.4) is 0 Å². The topological polar surface area (TPSA) is 37.3 Å². The van der Waals surface area contributed by atoms with E-state index >= 15 is 0 Å². The lowest BCUT2D eigenvalue weighted by atomic mass is 9.45. The fourth-order valence-corrected chi connectivity index (χ4v) is 8.12. The van der Waals surface area contributed by atoms with Crippen molar-refractivity contribution in [1.29, 1.82) is 0 Å². The predicted octanol–water partition coefficient (Wildman–Crippen LogP) is 7.09. The van der Waals surface area contributed by atoms with Gasteiger partial charge >= 0.3 is 5.97 Å². The summed E-state index contributed by atoms with van der Waals surface area (Å²) in [6.45, 7) is 9.20. The lowest BCUT2D eigenvalue weighted by Crippen LogP contribution is -2.52. The summed E-state index contributed by atoms with van der Waals surface area (Å²) in [7, 11) is 0. The molecule has 0 aliphatic heterocycles. The Labute approximate surface area is 167 Å². The molecule has 0 aromatic rings. The summed E-state index contributed by atoms with van der Waals surface area (Å²) in [5.74, 6) is 3.72. The van der Waals surface area contributed by atoms with Crippen molar-refractivity contribution in [1.82, 2.24) is 0 Å². The molecule has 0 amide bonds. The first kappa shape index (κ1) is 20.9. The van der Waals surface area contributed by atoms with Gasteiger partial charge in [0.25, 0.3) is 0 Å². The van der Waals surface area contributed by atoms with Crippen LogP contribution in [0.15, 0.2) is 12.2 Å². The summed E-state index contributed by atoms with van der Waals surface area (Å²) in [6.07, 6.45) is 18.6. The molecule has 0 spiro atoms. The molecular formula is C25H42O2. The molecule has 7 atom stereocenters. The number of aliphatic carboxylic acids is 1. The van der Waals surface area contributed by atoms with Gasteiger partial charge < -0.3 is 5.11 Å². The van der Waals surface area contributed by atoms with Gasteiger partial charge in [0, 0.05) is 6.08 Å². The van der Waals surface area contributed by atoms with Gasteiger partial charge in [0.05, 0.1) is 0 Å². The lowest BCUT2D eigenvalue weighted by Gasteiger charge is -2.60. The molecule has 7 unspecified atom stereocenters. The van der Waals surface area contributed by atoms with E-state index in [1.807, 2.05) is 19.9 Å². The molecule has 4 aliphatic carbocycles. The molecule has 0 radical (unpaired) electrons. The maximum absolute atomic E-state index is 10.8. The van der Waals surface area contributed by atoms with Crippen molar-refractivity contribution in [3.05, 3.63) is 12.2 Å². The van der Waals surface area contributed by atoms with Crippen LogP contribution in [-0.2, 0) is 4.79 Å². The van der Waals surface area contributed by atoms with E-state index in [0.29, 0.717) is 16.7 Å². The summed E-state index contributed by atoms with van der Waals surface area (Å²) in [4.78, 5) is 10.8. The maximum Gasteiger partial charge on any atom is 0.327 e. The molecule has 0 aromatic heterocycles. The van der Waals surface area contributed by atoms with Crippen LogP contribution >= 0.6 is 0 Å². The van der Waals surface area contributed by atoms with E-state index in [9.17, 15) is 4.79 Å². The second kappa shape index (κ2) is 8.29. The number of carboxylic acids is 1. The third kappa shape index (κ3) is 3.62. The second-order valence-electron chi connectivity index (χ2n) is 10.2. The Hall–Kier alpha value is -0.790. The molecular weight excluding hydrogens is 332 g/mol. The van der Waals surface area contributed by atoms with Gasteiger partial charge in [-0.25, -0.2) is 4.79 Å². The van der Waals surface area contributed by atoms with Crippen LogP contribution < -0.4 is 0 Å². The minimum Gasteiger partial charge on any atom is -0.478 e. The molecule has 4 rings (SSSR count). The molecule has 2 heteroatoms. The lowest BCUT2D eigenvalue weighted by molar-refractivity contribution is -0.131. The maximum atomic E-state index is 10.8. The van der Waals surface area contributed by atoms with Crippen LogP contribution in [0.2, 0.25) is 0 Å². The highest BCUT2D eigenvalue weighted by atomic mass is 16.4. The summed E-state index contributed by atoms with van der Waals surface area (Å²) < 4.78 is 0. The normalized spacial score (nSPS) is 46.0. The first-order valence-corrected chi connectivity index (χ1v) is 11.8. The number of fused-ring (bicyclic) bond motifs is 5. The van der Waals surface area contributed by atoms with E-state index in [0.717, 1.165) is 30.1 Å². The number of hydrogen-bond donors (Lipinski definition) is 1. The minimum atomic E-state index is -0.799. The van der Waals surface area contributed by atoms with Gasteiger partial charge in [0.2, 0.25) is 0 Å². The van der Waals surface area contributed by atoms with Gasteiger partial charge in [0.15, 0.2) is 0 Å². The zero-order chi connectivity index (χ0) is 19.7. The third-order valence-electron chi connectivity index (χ3n) is 9.46. The first-order valence-electron chi connectivity index (χ1n) is 11.8. The van der Waals surface area contributed by atoms with Crippen molar-refractivity contribution >= 4 is 5.97 Å². The van der Waals surface area contributed by atoms with Crippen LogP contribution in [0.25, 0.3) is 0 Å². The summed E-state index contributed by atoms with van der Waals surface area (Å²) in [6, 6.07) is 0. The van der Waals surface area contributed by atoms with Crippen molar-refractivity contribution in [2.24, 2.45) is 40.4 Å². The Bertz CT molecular complexity index is 553. The average Bonchev–Trinajstić information content (AvgIpc) is 2.99. The van der Waals surface area contributed by atoms with E-state index in [-0.39, 0.29) is 0 Å². The monoisotopic (exact) mass is 374 g/mol. The molecule has 154 valence electrons. The van der Waals surface area contributed by atoms with Gasteiger partial charge in [-0.15, -0.1) is 0 Å². The van der Waals surface area contributed by atoms with Gasteiger partial charge in [-0.1, -0.05) is 46.6 Å². The molecule has 0 heterocycles. The third-order valence-corrected chi connectivity index (χ3v) is 9.46. The summed E-state index contributed by atoms with van der Waals surface area (Å²) in [5, 5.41) is 8.89. The number of allylic oxidation sites excluding steroid dienone is 1. The predicted molar refractivity (Wildman–Crippen MR) is 113 cm³/mol. The van der Waals surface area contributed by atoms with E-state index in [4.69, 9.17) is 5.11 Å². The number of carboxylic acid groups (broad SMARTS) is 1. The number of rotatable bonds is 3. The van der Waals surface area contributed by atoms with E-state index in [2.05, 4.69) is 13.8 Å². The molecule has 4 fully saturated rings. The zero-order valence-corrected chi connectivity index (χ0v) is 18.2. The minimum absolute atomic E-state index is 0.460. The van der Waals surface area contributed by atoms with Crippen LogP contribution in [0.4, 0.5) is 0 Å². The SMILES string of the molecule is CC.CC12CCC3C(CCC4CCCCC43C)C1CCC2C/C=C/C(=O)O. The van der Waals surface area contributed by atoms with E-state index in [1.54, 1.807) is 0 Å². The number of carbonyl (C=O) groups is 1. The van der Waals surface area contributed by atoms with Crippen molar-refractivity contribution in [2.45, 2.75) is 98.3 Å². The smallest absolute Gasteiger partial charge is 0.327 e. The average molecular weight is 375 g/mol. The molecule has 2 nitrogen and oxygen atoms in total. The Balaban J connectivity index is 0.00000102. The molecule has 0 saturated heterocycles. The van der Waals surface area contributed by atoms with E-state index < -0.39 is 5.97 Å².